The molecule has 0 atom stereocenters. The lowest BCUT2D eigenvalue weighted by Crippen LogP contribution is -2.03. The first kappa shape index (κ1) is 13.5. The molecule has 0 aliphatic heterocycles. The van der Waals surface area contributed by atoms with Crippen molar-refractivity contribution in [3.8, 4) is 17.3 Å². The van der Waals surface area contributed by atoms with Crippen LogP contribution >= 0.6 is 15.9 Å². The van der Waals surface area contributed by atoms with Gasteiger partial charge in [0.1, 0.15) is 17.7 Å². The maximum atomic E-state index is 13.8. The van der Waals surface area contributed by atoms with Crippen molar-refractivity contribution in [1.29, 1.82) is 5.26 Å². The van der Waals surface area contributed by atoms with E-state index >= 15 is 0 Å². The summed E-state index contributed by atoms with van der Waals surface area (Å²) < 4.78 is 14.6. The van der Waals surface area contributed by atoms with Crippen molar-refractivity contribution in [2.24, 2.45) is 0 Å². The maximum Gasteiger partial charge on any atom is 0.144 e. The summed E-state index contributed by atoms with van der Waals surface area (Å²) in [6.45, 7) is 2.56. The number of pyridine rings is 1. The third kappa shape index (κ3) is 2.91. The third-order valence-electron chi connectivity index (χ3n) is 2.56. The standard InChI is InChI=1S/C14H11BrFN3/c1-2-18-14-9(8-17)3-6-13(19-14)11-7-10(15)4-5-12(11)16/h3-7H,2H2,1H3,(H,18,19). The number of anilines is 1. The van der Waals surface area contributed by atoms with Gasteiger partial charge in [0, 0.05) is 16.6 Å². The van der Waals surface area contributed by atoms with Gasteiger partial charge < -0.3 is 5.32 Å². The minimum Gasteiger partial charge on any atom is -0.369 e. The fourth-order valence-corrected chi connectivity index (χ4v) is 2.06. The van der Waals surface area contributed by atoms with Gasteiger partial charge in [-0.05, 0) is 37.3 Å². The second-order valence-electron chi connectivity index (χ2n) is 3.86. The number of nitriles is 1. The first-order valence-electron chi connectivity index (χ1n) is 5.76. The first-order valence-corrected chi connectivity index (χ1v) is 6.55. The summed E-state index contributed by atoms with van der Waals surface area (Å²) in [6, 6.07) is 10.0. The van der Waals surface area contributed by atoms with Crippen LogP contribution in [0.3, 0.4) is 0 Å². The lowest BCUT2D eigenvalue weighted by Gasteiger charge is -2.08. The molecule has 19 heavy (non-hydrogen) atoms. The summed E-state index contributed by atoms with van der Waals surface area (Å²) in [5, 5.41) is 12.0. The lowest BCUT2D eigenvalue weighted by molar-refractivity contribution is 0.630. The van der Waals surface area contributed by atoms with Gasteiger partial charge in [-0.1, -0.05) is 15.9 Å². The summed E-state index contributed by atoms with van der Waals surface area (Å²) >= 11 is 3.31. The summed E-state index contributed by atoms with van der Waals surface area (Å²) in [5.74, 6) is 0.129. The van der Waals surface area contributed by atoms with Crippen LogP contribution in [0.15, 0.2) is 34.8 Å². The van der Waals surface area contributed by atoms with Crippen LogP contribution in [0.25, 0.3) is 11.3 Å². The van der Waals surface area contributed by atoms with E-state index in [1.807, 2.05) is 6.92 Å². The fourth-order valence-electron chi connectivity index (χ4n) is 1.70. The number of nitrogens with zero attached hydrogens (tertiary/aromatic N) is 2. The Morgan fingerprint density at radius 2 is 2.16 bits per heavy atom. The van der Waals surface area contributed by atoms with E-state index < -0.39 is 0 Å². The van der Waals surface area contributed by atoms with Crippen LogP contribution in [-0.4, -0.2) is 11.5 Å². The van der Waals surface area contributed by atoms with E-state index in [2.05, 4.69) is 32.3 Å². The molecule has 1 aromatic carbocycles. The molecule has 0 bridgehead atoms. The molecule has 0 unspecified atom stereocenters. The van der Waals surface area contributed by atoms with E-state index in [9.17, 15) is 4.39 Å². The molecule has 0 fully saturated rings. The highest BCUT2D eigenvalue weighted by Crippen LogP contribution is 2.26. The number of hydrogen-bond acceptors (Lipinski definition) is 3. The Hall–Kier alpha value is -1.93. The molecule has 2 rings (SSSR count). The Balaban J connectivity index is 2.54. The smallest absolute Gasteiger partial charge is 0.144 e. The third-order valence-corrected chi connectivity index (χ3v) is 3.06. The van der Waals surface area contributed by atoms with Crippen molar-refractivity contribution in [1.82, 2.24) is 4.98 Å². The van der Waals surface area contributed by atoms with Crippen molar-refractivity contribution in [2.75, 3.05) is 11.9 Å². The maximum absolute atomic E-state index is 13.8. The second kappa shape index (κ2) is 5.81. The molecule has 5 heteroatoms. The summed E-state index contributed by atoms with van der Waals surface area (Å²) in [7, 11) is 0. The van der Waals surface area contributed by atoms with Crippen LogP contribution < -0.4 is 5.32 Å². The van der Waals surface area contributed by atoms with Gasteiger partial charge in [-0.3, -0.25) is 0 Å². The molecule has 0 saturated heterocycles. The Morgan fingerprint density at radius 1 is 1.37 bits per heavy atom. The Kier molecular flexibility index (Phi) is 4.13. The van der Waals surface area contributed by atoms with Crippen molar-refractivity contribution in [3.05, 3.63) is 46.2 Å². The molecule has 0 spiro atoms. The van der Waals surface area contributed by atoms with E-state index in [1.54, 1.807) is 24.3 Å². The highest BCUT2D eigenvalue weighted by Gasteiger charge is 2.10. The molecule has 96 valence electrons. The van der Waals surface area contributed by atoms with E-state index in [0.717, 1.165) is 4.47 Å². The zero-order valence-electron chi connectivity index (χ0n) is 10.2. The molecule has 0 aliphatic rings. The highest BCUT2D eigenvalue weighted by molar-refractivity contribution is 9.10. The first-order chi connectivity index (χ1) is 9.15. The number of rotatable bonds is 3. The minimum absolute atomic E-state index is 0.345. The van der Waals surface area contributed by atoms with E-state index in [-0.39, 0.29) is 5.82 Å². The average molecular weight is 320 g/mol. The molecule has 2 aromatic rings. The van der Waals surface area contributed by atoms with Crippen LogP contribution in [0.5, 0.6) is 0 Å². The fraction of sp³-hybridized carbons (Fsp3) is 0.143. The van der Waals surface area contributed by atoms with Gasteiger partial charge in [-0.25, -0.2) is 9.37 Å². The van der Waals surface area contributed by atoms with E-state index in [0.29, 0.717) is 29.2 Å². The van der Waals surface area contributed by atoms with Crippen molar-refractivity contribution < 1.29 is 4.39 Å². The average Bonchev–Trinajstić information content (AvgIpc) is 2.42. The molecule has 1 N–H and O–H groups in total. The summed E-state index contributed by atoms with van der Waals surface area (Å²) in [4.78, 5) is 4.31. The Labute approximate surface area is 119 Å². The van der Waals surface area contributed by atoms with E-state index in [1.165, 1.54) is 6.07 Å². The van der Waals surface area contributed by atoms with Gasteiger partial charge in [0.2, 0.25) is 0 Å². The highest BCUT2D eigenvalue weighted by atomic mass is 79.9. The van der Waals surface area contributed by atoms with Gasteiger partial charge in [0.05, 0.1) is 11.3 Å². The SMILES string of the molecule is CCNc1nc(-c2cc(Br)ccc2F)ccc1C#N. The molecule has 0 aliphatic carbocycles. The van der Waals surface area contributed by atoms with Crippen LogP contribution in [0, 0.1) is 17.1 Å². The van der Waals surface area contributed by atoms with Crippen LogP contribution in [0.4, 0.5) is 10.2 Å². The molecule has 0 radical (unpaired) electrons. The lowest BCUT2D eigenvalue weighted by atomic mass is 10.1. The van der Waals surface area contributed by atoms with Gasteiger partial charge in [0.15, 0.2) is 0 Å². The van der Waals surface area contributed by atoms with Gasteiger partial charge in [0.25, 0.3) is 0 Å². The Morgan fingerprint density at radius 3 is 2.84 bits per heavy atom. The molecular formula is C14H11BrFN3. The van der Waals surface area contributed by atoms with Gasteiger partial charge in [-0.2, -0.15) is 5.26 Å². The van der Waals surface area contributed by atoms with Crippen molar-refractivity contribution >= 4 is 21.7 Å². The summed E-state index contributed by atoms with van der Waals surface area (Å²) in [6.07, 6.45) is 0. The zero-order valence-corrected chi connectivity index (χ0v) is 11.8. The van der Waals surface area contributed by atoms with E-state index in [4.69, 9.17) is 5.26 Å². The predicted octanol–water partition coefficient (Wildman–Crippen LogP) is 3.95. The normalized spacial score (nSPS) is 10.0. The number of nitrogens with one attached hydrogen (secondary N) is 1. The summed E-state index contributed by atoms with van der Waals surface area (Å²) in [5.41, 5.74) is 1.34. The number of aromatic nitrogens is 1. The molecule has 1 heterocycles. The topological polar surface area (TPSA) is 48.7 Å². The zero-order chi connectivity index (χ0) is 13.8. The minimum atomic E-state index is -0.345. The molecule has 3 nitrogen and oxygen atoms in total. The predicted molar refractivity (Wildman–Crippen MR) is 76.2 cm³/mol. The number of benzene rings is 1. The van der Waals surface area contributed by atoms with Crippen LogP contribution in [0.2, 0.25) is 0 Å². The molecular weight excluding hydrogens is 309 g/mol. The van der Waals surface area contributed by atoms with Gasteiger partial charge in [-0.15, -0.1) is 0 Å². The van der Waals surface area contributed by atoms with Crippen LogP contribution in [-0.2, 0) is 0 Å². The Bertz CT molecular complexity index is 650. The quantitative estimate of drug-likeness (QED) is 0.931. The van der Waals surface area contributed by atoms with Gasteiger partial charge >= 0.3 is 0 Å². The largest absolute Gasteiger partial charge is 0.369 e. The second-order valence-corrected chi connectivity index (χ2v) is 4.77. The molecule has 0 amide bonds. The molecule has 0 saturated carbocycles. The monoisotopic (exact) mass is 319 g/mol. The van der Waals surface area contributed by atoms with Crippen molar-refractivity contribution in [3.63, 3.8) is 0 Å². The molecule has 1 aromatic heterocycles. The van der Waals surface area contributed by atoms with Crippen LogP contribution in [0.1, 0.15) is 12.5 Å². The number of halogens is 2. The van der Waals surface area contributed by atoms with Crippen molar-refractivity contribution in [2.45, 2.75) is 6.92 Å². The number of hydrogen-bond donors (Lipinski definition) is 1.